The molecule has 1 saturated heterocycles. The van der Waals surface area contributed by atoms with E-state index in [-0.39, 0.29) is 18.0 Å². The highest BCUT2D eigenvalue weighted by molar-refractivity contribution is 5.75. The molecule has 6 nitrogen and oxygen atoms in total. The van der Waals surface area contributed by atoms with Crippen molar-refractivity contribution in [2.75, 3.05) is 33.9 Å². The number of methoxy groups -OCH3 is 1. The van der Waals surface area contributed by atoms with Gasteiger partial charge in [-0.1, -0.05) is 0 Å². The van der Waals surface area contributed by atoms with Gasteiger partial charge < -0.3 is 19.6 Å². The first kappa shape index (κ1) is 14.8. The molecule has 2 atom stereocenters. The Morgan fingerprint density at radius 2 is 2.17 bits per heavy atom. The van der Waals surface area contributed by atoms with Crippen LogP contribution in [0.3, 0.4) is 0 Å². The van der Waals surface area contributed by atoms with Crippen LogP contribution in [0.1, 0.15) is 19.8 Å². The predicted molar refractivity (Wildman–Crippen MR) is 66.4 cm³/mol. The van der Waals surface area contributed by atoms with E-state index < -0.39 is 5.97 Å². The first-order valence-corrected chi connectivity index (χ1v) is 6.20. The minimum absolute atomic E-state index is 0.0302. The van der Waals surface area contributed by atoms with Crippen molar-refractivity contribution in [1.29, 1.82) is 0 Å². The Hall–Kier alpha value is -1.30. The highest BCUT2D eigenvalue weighted by Crippen LogP contribution is 2.23. The minimum Gasteiger partial charge on any atom is -0.481 e. The van der Waals surface area contributed by atoms with Gasteiger partial charge in [0.05, 0.1) is 12.5 Å². The first-order valence-electron chi connectivity index (χ1n) is 6.20. The van der Waals surface area contributed by atoms with Crippen LogP contribution in [0.15, 0.2) is 0 Å². The second-order valence-electron chi connectivity index (χ2n) is 4.80. The molecule has 104 valence electrons. The lowest BCUT2D eigenvalue weighted by atomic mass is 9.92. The molecule has 1 aliphatic rings. The molecule has 18 heavy (non-hydrogen) atoms. The van der Waals surface area contributed by atoms with Gasteiger partial charge in [-0.25, -0.2) is 4.79 Å². The molecule has 1 heterocycles. The van der Waals surface area contributed by atoms with Gasteiger partial charge in [0.15, 0.2) is 0 Å². The van der Waals surface area contributed by atoms with E-state index in [1.165, 1.54) is 0 Å². The molecular weight excluding hydrogens is 236 g/mol. The van der Waals surface area contributed by atoms with Crippen molar-refractivity contribution in [3.63, 3.8) is 0 Å². The van der Waals surface area contributed by atoms with Gasteiger partial charge in [0, 0.05) is 33.3 Å². The van der Waals surface area contributed by atoms with E-state index in [2.05, 4.69) is 0 Å². The normalized spacial score (nSPS) is 23.8. The summed E-state index contributed by atoms with van der Waals surface area (Å²) in [4.78, 5) is 26.4. The van der Waals surface area contributed by atoms with E-state index in [1.807, 2.05) is 6.92 Å². The molecule has 0 aromatic heterocycles. The van der Waals surface area contributed by atoms with E-state index in [0.29, 0.717) is 32.5 Å². The topological polar surface area (TPSA) is 70.1 Å². The number of carbonyl (C=O) groups excluding carboxylic acids is 1. The maximum absolute atomic E-state index is 12.1. The fourth-order valence-corrected chi connectivity index (χ4v) is 2.22. The maximum Gasteiger partial charge on any atom is 0.320 e. The van der Waals surface area contributed by atoms with Gasteiger partial charge in [-0.15, -0.1) is 0 Å². The predicted octanol–water partition coefficient (Wildman–Crippen LogP) is 0.870. The Morgan fingerprint density at radius 3 is 2.67 bits per heavy atom. The summed E-state index contributed by atoms with van der Waals surface area (Å²) in [5.41, 5.74) is 0. The number of rotatable bonds is 4. The van der Waals surface area contributed by atoms with Crippen LogP contribution in [0.5, 0.6) is 0 Å². The molecule has 0 radical (unpaired) electrons. The molecule has 2 unspecified atom stereocenters. The average Bonchev–Trinajstić information content (AvgIpc) is 2.34. The number of carboxylic acid groups (broad SMARTS) is 1. The zero-order chi connectivity index (χ0) is 13.7. The molecule has 0 aromatic rings. The van der Waals surface area contributed by atoms with Gasteiger partial charge in [-0.3, -0.25) is 4.79 Å². The lowest BCUT2D eigenvalue weighted by molar-refractivity contribution is -0.143. The SMILES string of the molecule is COCCN(C)C(=O)N1CCC(C(=O)O)CC1C. The van der Waals surface area contributed by atoms with Gasteiger partial charge in [0.1, 0.15) is 0 Å². The Kier molecular flexibility index (Phi) is 5.40. The number of urea groups is 1. The first-order chi connectivity index (χ1) is 8.47. The third kappa shape index (κ3) is 3.60. The van der Waals surface area contributed by atoms with Crippen LogP contribution in [-0.2, 0) is 9.53 Å². The maximum atomic E-state index is 12.1. The fraction of sp³-hybridized carbons (Fsp3) is 0.833. The molecule has 1 rings (SSSR count). The zero-order valence-electron chi connectivity index (χ0n) is 11.3. The van der Waals surface area contributed by atoms with E-state index in [0.717, 1.165) is 0 Å². The molecule has 1 aliphatic heterocycles. The second-order valence-corrected chi connectivity index (χ2v) is 4.80. The average molecular weight is 258 g/mol. The van der Waals surface area contributed by atoms with Crippen molar-refractivity contribution in [3.05, 3.63) is 0 Å². The van der Waals surface area contributed by atoms with Crippen LogP contribution in [0.2, 0.25) is 0 Å². The summed E-state index contributed by atoms with van der Waals surface area (Å²) in [5.74, 6) is -1.09. The summed E-state index contributed by atoms with van der Waals surface area (Å²) >= 11 is 0. The number of ether oxygens (including phenoxy) is 1. The standard InChI is InChI=1S/C12H22N2O4/c1-9-8-10(11(15)16)4-5-14(9)12(17)13(2)6-7-18-3/h9-10H,4-8H2,1-3H3,(H,15,16). The van der Waals surface area contributed by atoms with E-state index in [4.69, 9.17) is 9.84 Å². The highest BCUT2D eigenvalue weighted by Gasteiger charge is 2.33. The van der Waals surface area contributed by atoms with Crippen molar-refractivity contribution >= 4 is 12.0 Å². The monoisotopic (exact) mass is 258 g/mol. The smallest absolute Gasteiger partial charge is 0.320 e. The van der Waals surface area contributed by atoms with Crippen molar-refractivity contribution in [1.82, 2.24) is 9.80 Å². The number of piperidine rings is 1. The summed E-state index contributed by atoms with van der Waals surface area (Å²) in [6, 6.07) is -0.0827. The number of hydrogen-bond acceptors (Lipinski definition) is 3. The van der Waals surface area contributed by atoms with E-state index in [9.17, 15) is 9.59 Å². The lowest BCUT2D eigenvalue weighted by Crippen LogP contribution is -2.51. The van der Waals surface area contributed by atoms with Gasteiger partial charge in [0.25, 0.3) is 0 Å². The second kappa shape index (κ2) is 6.58. The Morgan fingerprint density at radius 1 is 1.50 bits per heavy atom. The number of aliphatic carboxylic acids is 1. The molecule has 0 saturated carbocycles. The number of carboxylic acids is 1. The largest absolute Gasteiger partial charge is 0.481 e. The molecule has 6 heteroatoms. The van der Waals surface area contributed by atoms with Crippen molar-refractivity contribution < 1.29 is 19.4 Å². The molecule has 0 aromatic carbocycles. The fourth-order valence-electron chi connectivity index (χ4n) is 2.22. The summed E-state index contributed by atoms with van der Waals surface area (Å²) in [6.07, 6.45) is 1.06. The molecule has 0 spiro atoms. The Bertz CT molecular complexity index is 308. The third-order valence-electron chi connectivity index (χ3n) is 3.43. The molecule has 1 fully saturated rings. The number of amides is 2. The molecule has 1 N–H and O–H groups in total. The quantitative estimate of drug-likeness (QED) is 0.812. The summed E-state index contributed by atoms with van der Waals surface area (Å²) in [6.45, 7) is 3.45. The highest BCUT2D eigenvalue weighted by atomic mass is 16.5. The third-order valence-corrected chi connectivity index (χ3v) is 3.43. The van der Waals surface area contributed by atoms with Crippen LogP contribution in [0, 0.1) is 5.92 Å². The van der Waals surface area contributed by atoms with Gasteiger partial charge in [-0.2, -0.15) is 0 Å². The Labute approximate surface area is 107 Å². The van der Waals surface area contributed by atoms with E-state index >= 15 is 0 Å². The number of nitrogens with zero attached hydrogens (tertiary/aromatic N) is 2. The lowest BCUT2D eigenvalue weighted by Gasteiger charge is -2.38. The number of carbonyl (C=O) groups is 2. The van der Waals surface area contributed by atoms with Crippen LogP contribution in [0.25, 0.3) is 0 Å². The van der Waals surface area contributed by atoms with Crippen molar-refractivity contribution in [3.8, 4) is 0 Å². The van der Waals surface area contributed by atoms with Crippen molar-refractivity contribution in [2.24, 2.45) is 5.92 Å². The van der Waals surface area contributed by atoms with Crippen LogP contribution >= 0.6 is 0 Å². The van der Waals surface area contributed by atoms with E-state index in [1.54, 1.807) is 24.0 Å². The molecular formula is C12H22N2O4. The van der Waals surface area contributed by atoms with Crippen LogP contribution in [0.4, 0.5) is 4.79 Å². The number of likely N-dealkylation sites (tertiary alicyclic amines) is 1. The molecule has 2 amide bonds. The summed E-state index contributed by atoms with van der Waals surface area (Å²) in [7, 11) is 3.33. The van der Waals surface area contributed by atoms with Crippen LogP contribution < -0.4 is 0 Å². The zero-order valence-corrected chi connectivity index (χ0v) is 11.3. The molecule has 0 aliphatic carbocycles. The summed E-state index contributed by atoms with van der Waals surface area (Å²) in [5, 5.41) is 8.98. The summed E-state index contributed by atoms with van der Waals surface area (Å²) < 4.78 is 4.94. The number of likely N-dealkylation sites (N-methyl/N-ethyl adjacent to an activating group) is 1. The van der Waals surface area contributed by atoms with Crippen LogP contribution in [-0.4, -0.2) is 66.8 Å². The van der Waals surface area contributed by atoms with Crippen molar-refractivity contribution in [2.45, 2.75) is 25.8 Å². The van der Waals surface area contributed by atoms with Gasteiger partial charge in [0.2, 0.25) is 0 Å². The van der Waals surface area contributed by atoms with Gasteiger partial charge in [-0.05, 0) is 19.8 Å². The van der Waals surface area contributed by atoms with Gasteiger partial charge >= 0.3 is 12.0 Å². The minimum atomic E-state index is -0.762. The Balaban J connectivity index is 2.52. The molecule has 0 bridgehead atoms. The number of hydrogen-bond donors (Lipinski definition) is 1.